The summed E-state index contributed by atoms with van der Waals surface area (Å²) >= 11 is 0. The van der Waals surface area contributed by atoms with Crippen molar-refractivity contribution < 1.29 is 9.53 Å². The van der Waals surface area contributed by atoms with E-state index in [1.54, 1.807) is 18.2 Å². The number of hydrogen-bond donors (Lipinski definition) is 1. The quantitative estimate of drug-likeness (QED) is 0.820. The number of nitrogens with zero attached hydrogens (tertiary/aromatic N) is 1. The number of primary amides is 1. The van der Waals surface area contributed by atoms with E-state index in [0.29, 0.717) is 17.9 Å². The van der Waals surface area contributed by atoms with Crippen molar-refractivity contribution >= 4 is 5.91 Å². The molecule has 0 bridgehead atoms. The molecule has 1 heterocycles. The fourth-order valence-corrected chi connectivity index (χ4v) is 2.45. The van der Waals surface area contributed by atoms with Crippen LogP contribution in [0.3, 0.4) is 0 Å². The molecule has 0 radical (unpaired) electrons. The molecule has 1 aromatic carbocycles. The summed E-state index contributed by atoms with van der Waals surface area (Å²) in [6.07, 6.45) is 4.96. The molecule has 4 heteroatoms. The Balaban J connectivity index is 0.00000106. The fourth-order valence-electron chi connectivity index (χ4n) is 2.45. The van der Waals surface area contributed by atoms with Gasteiger partial charge in [-0.1, -0.05) is 32.4 Å². The van der Waals surface area contributed by atoms with Gasteiger partial charge in [0.2, 0.25) is 0 Å². The maximum Gasteiger partial charge on any atom is 0.252 e. The molecule has 1 aliphatic rings. The van der Waals surface area contributed by atoms with Crippen LogP contribution in [0.1, 0.15) is 49.9 Å². The first-order chi connectivity index (χ1) is 10.3. The summed E-state index contributed by atoms with van der Waals surface area (Å²) in [7, 11) is 0. The third-order valence-corrected chi connectivity index (χ3v) is 3.48. The number of ether oxygens (including phenoxy) is 1. The molecular formula is C17H28N2O2. The maximum absolute atomic E-state index is 11.2. The first kappa shape index (κ1) is 17.5. The Morgan fingerprint density at radius 2 is 1.86 bits per heavy atom. The molecule has 0 unspecified atom stereocenters. The normalized spacial score (nSPS) is 15.0. The molecule has 4 nitrogen and oxygen atoms in total. The predicted molar refractivity (Wildman–Crippen MR) is 86.7 cm³/mol. The van der Waals surface area contributed by atoms with Gasteiger partial charge in [-0.3, -0.25) is 4.79 Å². The zero-order valence-electron chi connectivity index (χ0n) is 13.3. The lowest BCUT2D eigenvalue weighted by atomic mass is 10.1. The smallest absolute Gasteiger partial charge is 0.252 e. The largest absolute Gasteiger partial charge is 0.493 e. The van der Waals surface area contributed by atoms with E-state index in [0.717, 1.165) is 13.0 Å². The highest BCUT2D eigenvalue weighted by atomic mass is 16.5. The van der Waals surface area contributed by atoms with Gasteiger partial charge >= 0.3 is 0 Å². The molecule has 1 aliphatic heterocycles. The SMILES string of the molecule is CC.NC(=O)c1ccccc1OCCCN1CCCCC1. The summed E-state index contributed by atoms with van der Waals surface area (Å²) in [5.41, 5.74) is 5.77. The fraction of sp³-hybridized carbons (Fsp3) is 0.588. The van der Waals surface area contributed by atoms with Crippen molar-refractivity contribution in [2.45, 2.75) is 39.5 Å². The van der Waals surface area contributed by atoms with Crippen LogP contribution in [0.25, 0.3) is 0 Å². The van der Waals surface area contributed by atoms with Crippen LogP contribution < -0.4 is 10.5 Å². The molecule has 1 aromatic rings. The number of carbonyl (C=O) groups excluding carboxylic acids is 1. The van der Waals surface area contributed by atoms with E-state index in [4.69, 9.17) is 10.5 Å². The van der Waals surface area contributed by atoms with Gasteiger partial charge in [-0.15, -0.1) is 0 Å². The number of piperidine rings is 1. The van der Waals surface area contributed by atoms with Crippen molar-refractivity contribution in [2.75, 3.05) is 26.2 Å². The van der Waals surface area contributed by atoms with Gasteiger partial charge in [0.05, 0.1) is 12.2 Å². The van der Waals surface area contributed by atoms with Crippen LogP contribution in [0.2, 0.25) is 0 Å². The molecule has 118 valence electrons. The van der Waals surface area contributed by atoms with Crippen LogP contribution in [0.15, 0.2) is 24.3 Å². The van der Waals surface area contributed by atoms with Crippen LogP contribution in [0, 0.1) is 0 Å². The van der Waals surface area contributed by atoms with Crippen molar-refractivity contribution in [1.82, 2.24) is 4.90 Å². The molecular weight excluding hydrogens is 264 g/mol. The molecule has 0 spiro atoms. The highest BCUT2D eigenvalue weighted by molar-refractivity contribution is 5.95. The van der Waals surface area contributed by atoms with Gasteiger partial charge in [0.1, 0.15) is 5.75 Å². The Kier molecular flexibility index (Phi) is 8.51. The number of nitrogens with two attached hydrogens (primary N) is 1. The van der Waals surface area contributed by atoms with Crippen LogP contribution in [0.5, 0.6) is 5.75 Å². The van der Waals surface area contributed by atoms with Crippen LogP contribution in [-0.2, 0) is 0 Å². The lowest BCUT2D eigenvalue weighted by Crippen LogP contribution is -2.31. The zero-order valence-corrected chi connectivity index (χ0v) is 13.3. The van der Waals surface area contributed by atoms with Gasteiger partial charge < -0.3 is 15.4 Å². The Labute approximate surface area is 128 Å². The minimum Gasteiger partial charge on any atom is -0.493 e. The van der Waals surface area contributed by atoms with Gasteiger partial charge in [0.25, 0.3) is 5.91 Å². The molecule has 2 N–H and O–H groups in total. The monoisotopic (exact) mass is 292 g/mol. The topological polar surface area (TPSA) is 55.6 Å². The van der Waals surface area contributed by atoms with E-state index in [1.807, 2.05) is 19.9 Å². The van der Waals surface area contributed by atoms with Crippen LogP contribution >= 0.6 is 0 Å². The number of benzene rings is 1. The molecule has 2 rings (SSSR count). The highest BCUT2D eigenvalue weighted by Crippen LogP contribution is 2.17. The van der Waals surface area contributed by atoms with Gasteiger partial charge in [0.15, 0.2) is 0 Å². The van der Waals surface area contributed by atoms with E-state index < -0.39 is 5.91 Å². The minimum atomic E-state index is -0.438. The Bertz CT molecular complexity index is 415. The summed E-state index contributed by atoms with van der Waals surface area (Å²) in [6.45, 7) is 8.11. The number of likely N-dealkylation sites (tertiary alicyclic amines) is 1. The molecule has 0 saturated carbocycles. The lowest BCUT2D eigenvalue weighted by Gasteiger charge is -2.26. The summed E-state index contributed by atoms with van der Waals surface area (Å²) in [5, 5.41) is 0. The Hall–Kier alpha value is -1.55. The number of carbonyl (C=O) groups is 1. The van der Waals surface area contributed by atoms with Gasteiger partial charge in [-0.2, -0.15) is 0 Å². The van der Waals surface area contributed by atoms with Crippen LogP contribution in [-0.4, -0.2) is 37.0 Å². The van der Waals surface area contributed by atoms with Gasteiger partial charge in [-0.25, -0.2) is 0 Å². The second-order valence-corrected chi connectivity index (χ2v) is 4.96. The summed E-state index contributed by atoms with van der Waals surface area (Å²) in [6, 6.07) is 7.14. The molecule has 1 amide bonds. The van der Waals surface area contributed by atoms with Crippen molar-refractivity contribution in [3.05, 3.63) is 29.8 Å². The van der Waals surface area contributed by atoms with Crippen molar-refractivity contribution in [2.24, 2.45) is 5.73 Å². The van der Waals surface area contributed by atoms with E-state index in [2.05, 4.69) is 4.90 Å². The second-order valence-electron chi connectivity index (χ2n) is 4.96. The average Bonchev–Trinajstić information content (AvgIpc) is 2.55. The number of amides is 1. The predicted octanol–water partition coefficient (Wildman–Crippen LogP) is 3.07. The molecule has 0 aromatic heterocycles. The third kappa shape index (κ3) is 6.17. The minimum absolute atomic E-state index is 0.438. The number of para-hydroxylation sites is 1. The van der Waals surface area contributed by atoms with E-state index in [9.17, 15) is 4.79 Å². The Morgan fingerprint density at radius 1 is 1.19 bits per heavy atom. The standard InChI is InChI=1S/C15H22N2O2.C2H6/c16-15(18)13-7-2-3-8-14(13)19-12-6-11-17-9-4-1-5-10-17;1-2/h2-3,7-8H,1,4-6,9-12H2,(H2,16,18);1-2H3. The highest BCUT2D eigenvalue weighted by Gasteiger charge is 2.10. The third-order valence-electron chi connectivity index (χ3n) is 3.48. The first-order valence-electron chi connectivity index (χ1n) is 8.01. The number of hydrogen-bond acceptors (Lipinski definition) is 3. The van der Waals surface area contributed by atoms with Crippen molar-refractivity contribution in [3.8, 4) is 5.75 Å². The van der Waals surface area contributed by atoms with Gasteiger partial charge in [-0.05, 0) is 44.5 Å². The average molecular weight is 292 g/mol. The molecule has 0 aliphatic carbocycles. The summed E-state index contributed by atoms with van der Waals surface area (Å²) in [5.74, 6) is 0.153. The molecule has 1 fully saturated rings. The molecule has 1 saturated heterocycles. The van der Waals surface area contributed by atoms with Crippen LogP contribution in [0.4, 0.5) is 0 Å². The Morgan fingerprint density at radius 3 is 2.52 bits per heavy atom. The lowest BCUT2D eigenvalue weighted by molar-refractivity contribution is 0.0996. The van der Waals surface area contributed by atoms with Crippen molar-refractivity contribution in [3.63, 3.8) is 0 Å². The van der Waals surface area contributed by atoms with E-state index >= 15 is 0 Å². The van der Waals surface area contributed by atoms with Gasteiger partial charge in [0, 0.05) is 6.54 Å². The van der Waals surface area contributed by atoms with E-state index in [-0.39, 0.29) is 0 Å². The first-order valence-corrected chi connectivity index (χ1v) is 8.01. The second kappa shape index (κ2) is 10.2. The molecule has 0 atom stereocenters. The summed E-state index contributed by atoms with van der Waals surface area (Å²) < 4.78 is 5.66. The van der Waals surface area contributed by atoms with E-state index in [1.165, 1.54) is 32.4 Å². The van der Waals surface area contributed by atoms with Crippen molar-refractivity contribution in [1.29, 1.82) is 0 Å². The number of rotatable bonds is 6. The zero-order chi connectivity index (χ0) is 15.5. The maximum atomic E-state index is 11.2. The summed E-state index contributed by atoms with van der Waals surface area (Å²) in [4.78, 5) is 13.7. The molecule has 21 heavy (non-hydrogen) atoms.